The molecule has 0 saturated carbocycles. The van der Waals surface area contributed by atoms with Crippen LogP contribution in [0.5, 0.6) is 5.75 Å². The van der Waals surface area contributed by atoms with Crippen LogP contribution in [0.2, 0.25) is 0 Å². The summed E-state index contributed by atoms with van der Waals surface area (Å²) in [5.41, 5.74) is 7.02. The van der Waals surface area contributed by atoms with Gasteiger partial charge in [-0.15, -0.1) is 23.8 Å². The zero-order valence-corrected chi connectivity index (χ0v) is 36.4. The molecule has 10 rings (SSSR count). The number of aromatic nitrogens is 3. The van der Waals surface area contributed by atoms with Crippen molar-refractivity contribution in [2.45, 2.75) is 32.8 Å². The second-order valence-electron chi connectivity index (χ2n) is 15.4. The van der Waals surface area contributed by atoms with Crippen molar-refractivity contribution in [3.8, 4) is 89.7 Å². The Morgan fingerprint density at radius 2 is 1.16 bits per heavy atom. The molecule has 0 fully saturated rings. The van der Waals surface area contributed by atoms with Gasteiger partial charge in [-0.1, -0.05) is 183 Å². The number of hydrogen-bond acceptors (Lipinski definition) is 3. The topological polar surface area (TPSA) is 50.9 Å². The van der Waals surface area contributed by atoms with Crippen molar-refractivity contribution in [1.82, 2.24) is 14.5 Å². The van der Waals surface area contributed by atoms with Crippen LogP contribution in [0.4, 0.5) is 0 Å². The molecule has 5 heteroatoms. The molecule has 0 bridgehead atoms. The van der Waals surface area contributed by atoms with Crippen molar-refractivity contribution >= 4 is 11.0 Å². The molecule has 4 nitrogen and oxygen atoms in total. The van der Waals surface area contributed by atoms with E-state index in [4.69, 9.17) is 26.4 Å². The number of fused-ring (bicyclic) bond motifs is 1. The number of phenolic OH excluding ortho intramolecular Hbond substituents is 1. The third-order valence-electron chi connectivity index (χ3n) is 11.3. The normalized spacial score (nSPS) is 14.9. The number of para-hydroxylation sites is 2. The van der Waals surface area contributed by atoms with Crippen LogP contribution >= 0.6 is 0 Å². The predicted octanol–water partition coefficient (Wildman–Crippen LogP) is 15.2. The van der Waals surface area contributed by atoms with Gasteiger partial charge in [-0.05, 0) is 93.2 Å². The smallest absolute Gasteiger partial charge is 0.148 e. The van der Waals surface area contributed by atoms with E-state index in [1.54, 1.807) is 36.5 Å². The molecule has 2 aromatic heterocycles. The Bertz CT molecular complexity index is 3690. The van der Waals surface area contributed by atoms with Crippen molar-refractivity contribution in [1.29, 1.82) is 0 Å². The van der Waals surface area contributed by atoms with E-state index in [0.29, 0.717) is 78.3 Å². The van der Waals surface area contributed by atoms with Crippen LogP contribution in [0.15, 0.2) is 200 Å². The minimum absolute atomic E-state index is 0. The number of nitrogens with zero attached hydrogens (tertiary/aromatic N) is 3. The Morgan fingerprint density at radius 1 is 0.531 bits per heavy atom. The maximum atomic E-state index is 11.6. The molecule has 1 N–H and O–H groups in total. The number of benzene rings is 8. The van der Waals surface area contributed by atoms with E-state index in [2.05, 4.69) is 6.07 Å². The Kier molecular flexibility index (Phi) is 8.24. The molecule has 0 radical (unpaired) electrons. The predicted molar refractivity (Wildman–Crippen MR) is 261 cm³/mol. The Morgan fingerprint density at radius 3 is 1.84 bits per heavy atom. The zero-order chi connectivity index (χ0) is 53.1. The van der Waals surface area contributed by atoms with E-state index in [9.17, 15) is 5.11 Å². The van der Waals surface area contributed by atoms with Crippen LogP contribution in [0.3, 0.4) is 0 Å². The first-order chi connectivity index (χ1) is 35.7. The van der Waals surface area contributed by atoms with Gasteiger partial charge in [-0.2, -0.15) is 0 Å². The minimum atomic E-state index is -3.40. The van der Waals surface area contributed by atoms with Gasteiger partial charge < -0.3 is 5.11 Å². The van der Waals surface area contributed by atoms with Gasteiger partial charge in [0, 0.05) is 55.0 Å². The van der Waals surface area contributed by atoms with Crippen LogP contribution in [0.25, 0.3) is 95.0 Å². The third-order valence-corrected chi connectivity index (χ3v) is 11.3. The van der Waals surface area contributed by atoms with E-state index in [1.165, 1.54) is 24.3 Å². The summed E-state index contributed by atoms with van der Waals surface area (Å²) < 4.78 is 102. The van der Waals surface area contributed by atoms with Gasteiger partial charge in [0.25, 0.3) is 0 Å². The fourth-order valence-electron chi connectivity index (χ4n) is 8.20. The molecule has 0 aliphatic carbocycles. The van der Waals surface area contributed by atoms with Gasteiger partial charge in [0.15, 0.2) is 0 Å². The first-order valence-corrected chi connectivity index (χ1v) is 20.5. The van der Waals surface area contributed by atoms with Gasteiger partial charge in [0.1, 0.15) is 11.6 Å². The quantitative estimate of drug-likeness (QED) is 0.154. The molecule has 0 saturated heterocycles. The van der Waals surface area contributed by atoms with Crippen LogP contribution in [0.1, 0.15) is 48.1 Å². The summed E-state index contributed by atoms with van der Waals surface area (Å²) in [7, 11) is 0. The number of pyridine rings is 1. The summed E-state index contributed by atoms with van der Waals surface area (Å²) >= 11 is 0. The van der Waals surface area contributed by atoms with E-state index in [0.717, 1.165) is 16.7 Å². The SMILES string of the molecule is [2H]C([2H])([2H])c1cc(-c2ccccc2)c(-n2c(-c3ccccc3O)nc3c(-c4[c-]c(-c5cc(-c6ccc(C(C([2H])([2H])[2H])(C([2H])([2H])[2H])C([2H])([2H])[2H])cc6)ccn5)cc(-c5ccccc5)c4)cccc32)cc1-c1ccccc1.[Pt]. The van der Waals surface area contributed by atoms with Gasteiger partial charge >= 0.3 is 0 Å². The van der Waals surface area contributed by atoms with Crippen LogP contribution in [0, 0.1) is 12.9 Å². The van der Waals surface area contributed by atoms with Crippen molar-refractivity contribution in [3.05, 3.63) is 218 Å². The Labute approximate surface area is 406 Å². The monoisotopic (exact) mass is 1020 g/mol. The Balaban J connectivity index is 0.00000706. The van der Waals surface area contributed by atoms with Gasteiger partial charge in [0.05, 0.1) is 22.3 Å². The molecule has 0 amide bonds. The first kappa shape index (κ1) is 30.0. The summed E-state index contributed by atoms with van der Waals surface area (Å²) in [5.74, 6) is 0.396. The number of hydrogen-bond donors (Lipinski definition) is 1. The molecular weight excluding hydrogens is 962 g/mol. The zero-order valence-electron chi connectivity index (χ0n) is 46.2. The maximum Gasteiger partial charge on any atom is 0.148 e. The maximum absolute atomic E-state index is 11.6. The second-order valence-corrected chi connectivity index (χ2v) is 15.4. The van der Waals surface area contributed by atoms with Crippen molar-refractivity contribution < 1.29 is 42.6 Å². The third kappa shape index (κ3) is 8.14. The van der Waals surface area contributed by atoms with E-state index in [1.807, 2.05) is 144 Å². The summed E-state index contributed by atoms with van der Waals surface area (Å²) in [6.45, 7) is -12.7. The largest absolute Gasteiger partial charge is 0.507 e. The number of imidazole rings is 1. The second kappa shape index (κ2) is 17.6. The fraction of sp³-hybridized carbons (Fsp3) is 0.0847. The van der Waals surface area contributed by atoms with E-state index in [-0.39, 0.29) is 37.9 Å². The number of aryl methyl sites for hydroxylation is 1. The average Bonchev–Trinajstić information content (AvgIpc) is 3.94. The molecule has 0 unspecified atom stereocenters. The van der Waals surface area contributed by atoms with Crippen molar-refractivity contribution in [2.75, 3.05) is 0 Å². The first-order valence-electron chi connectivity index (χ1n) is 26.5. The van der Waals surface area contributed by atoms with E-state index < -0.39 is 32.8 Å². The molecule has 64 heavy (non-hydrogen) atoms. The van der Waals surface area contributed by atoms with Crippen molar-refractivity contribution in [3.63, 3.8) is 0 Å². The van der Waals surface area contributed by atoms with Crippen molar-refractivity contribution in [2.24, 2.45) is 0 Å². The van der Waals surface area contributed by atoms with Crippen LogP contribution in [-0.2, 0) is 26.5 Å². The average molecular weight is 1020 g/mol. The molecule has 0 atom stereocenters. The standard InChI is InChI=1S/C59H46N3O.Pt/c1-39-33-52(43-21-12-7-13-22-43)55(38-51(39)42-19-10-6-11-20-42)62-54-25-16-24-49(57(54)61-58(62)50-23-14-15-26-56(50)63)46-34-45(40-17-8-5-9-18-40)35-47(36-46)53-37-44(31-32-60-53)41-27-29-48(30-28-41)59(2,3)4;/h5-35,37-38,63H,1-4H3;/q-1;/i1D3,2D3,3D3,4D3;. The van der Waals surface area contributed by atoms with Gasteiger partial charge in [-0.3, -0.25) is 9.55 Å². The molecule has 0 aliphatic rings. The molecule has 10 aromatic rings. The number of phenols is 1. The molecule has 314 valence electrons. The summed E-state index contributed by atoms with van der Waals surface area (Å²) in [6, 6.07) is 61.9. The molecular formula is C59H46N3OPt-. The molecule has 2 heterocycles. The summed E-state index contributed by atoms with van der Waals surface area (Å²) in [6.07, 6.45) is 1.62. The van der Waals surface area contributed by atoms with Gasteiger partial charge in [0.2, 0.25) is 0 Å². The number of aromatic hydroxyl groups is 1. The van der Waals surface area contributed by atoms with E-state index >= 15 is 0 Å². The fourth-order valence-corrected chi connectivity index (χ4v) is 8.20. The molecule has 0 aliphatic heterocycles. The van der Waals surface area contributed by atoms with Crippen LogP contribution < -0.4 is 0 Å². The van der Waals surface area contributed by atoms with Gasteiger partial charge in [-0.25, -0.2) is 4.98 Å². The minimum Gasteiger partial charge on any atom is -0.507 e. The Hall–Kier alpha value is -7.13. The molecule has 8 aromatic carbocycles. The summed E-state index contributed by atoms with van der Waals surface area (Å²) in [5, 5.41) is 11.6. The number of rotatable bonds is 8. The summed E-state index contributed by atoms with van der Waals surface area (Å²) in [4.78, 5) is 10.2. The van der Waals surface area contributed by atoms with Crippen LogP contribution in [-0.4, -0.2) is 19.6 Å². The molecule has 0 spiro atoms.